The fourth-order valence-corrected chi connectivity index (χ4v) is 2.20. The summed E-state index contributed by atoms with van der Waals surface area (Å²) in [5.74, 6) is 0.532. The molecule has 106 valence electrons. The van der Waals surface area contributed by atoms with Crippen molar-refractivity contribution < 1.29 is 9.13 Å². The van der Waals surface area contributed by atoms with Crippen molar-refractivity contribution in [2.75, 3.05) is 7.11 Å². The summed E-state index contributed by atoms with van der Waals surface area (Å²) in [6, 6.07) is 12.6. The predicted octanol–water partition coefficient (Wildman–Crippen LogP) is 4.34. The maximum absolute atomic E-state index is 13.7. The van der Waals surface area contributed by atoms with E-state index in [1.807, 2.05) is 31.2 Å². The number of benzene rings is 2. The third-order valence-corrected chi connectivity index (χ3v) is 3.62. The molecule has 0 unspecified atom stereocenters. The Morgan fingerprint density at radius 1 is 1.20 bits per heavy atom. The van der Waals surface area contributed by atoms with E-state index in [2.05, 4.69) is 5.32 Å². The van der Waals surface area contributed by atoms with Crippen LogP contribution in [0.2, 0.25) is 5.02 Å². The van der Waals surface area contributed by atoms with Crippen LogP contribution < -0.4 is 10.1 Å². The van der Waals surface area contributed by atoms with E-state index in [1.54, 1.807) is 19.2 Å². The van der Waals surface area contributed by atoms with E-state index in [1.165, 1.54) is 6.07 Å². The number of hydrogen-bond acceptors (Lipinski definition) is 2. The van der Waals surface area contributed by atoms with Gasteiger partial charge in [0.1, 0.15) is 11.6 Å². The standard InChI is InChI=1S/C16H17ClFNO/c1-11(12-6-8-13(20-2)9-7-12)19-10-14-15(17)4-3-5-16(14)18/h3-9,11,19H,10H2,1-2H3/t11-/m1/s1. The Balaban J connectivity index is 2.02. The second-order valence-corrected chi connectivity index (χ2v) is 4.98. The smallest absolute Gasteiger partial charge is 0.129 e. The van der Waals surface area contributed by atoms with Gasteiger partial charge in [-0.25, -0.2) is 4.39 Å². The zero-order chi connectivity index (χ0) is 14.5. The first kappa shape index (κ1) is 14.8. The van der Waals surface area contributed by atoms with Crippen LogP contribution in [0.1, 0.15) is 24.1 Å². The molecule has 1 atom stereocenters. The van der Waals surface area contributed by atoms with Crippen LogP contribution >= 0.6 is 11.6 Å². The van der Waals surface area contributed by atoms with Crippen LogP contribution in [0.4, 0.5) is 4.39 Å². The van der Waals surface area contributed by atoms with Crippen molar-refractivity contribution in [3.8, 4) is 5.75 Å². The molecule has 2 aromatic rings. The van der Waals surface area contributed by atoms with Crippen LogP contribution in [0, 0.1) is 5.82 Å². The molecule has 0 spiro atoms. The molecule has 0 aliphatic rings. The summed E-state index contributed by atoms with van der Waals surface area (Å²) in [6.07, 6.45) is 0. The fourth-order valence-electron chi connectivity index (χ4n) is 1.97. The lowest BCUT2D eigenvalue weighted by atomic mass is 10.1. The van der Waals surface area contributed by atoms with Gasteiger partial charge in [0.05, 0.1) is 7.11 Å². The molecular weight excluding hydrogens is 277 g/mol. The summed E-state index contributed by atoms with van der Waals surface area (Å²) in [6.45, 7) is 2.41. The molecule has 2 aromatic carbocycles. The number of ether oxygens (including phenoxy) is 1. The minimum absolute atomic E-state index is 0.0941. The van der Waals surface area contributed by atoms with Crippen molar-refractivity contribution in [1.82, 2.24) is 5.32 Å². The first-order valence-electron chi connectivity index (χ1n) is 6.42. The van der Waals surface area contributed by atoms with Gasteiger partial charge in [0.2, 0.25) is 0 Å². The molecule has 0 saturated heterocycles. The highest BCUT2D eigenvalue weighted by Gasteiger charge is 2.10. The molecule has 20 heavy (non-hydrogen) atoms. The normalized spacial score (nSPS) is 12.2. The van der Waals surface area contributed by atoms with E-state index in [0.29, 0.717) is 17.1 Å². The van der Waals surface area contributed by atoms with Gasteiger partial charge in [0.15, 0.2) is 0 Å². The summed E-state index contributed by atoms with van der Waals surface area (Å²) < 4.78 is 18.8. The highest BCUT2D eigenvalue weighted by Crippen LogP contribution is 2.21. The lowest BCUT2D eigenvalue weighted by Gasteiger charge is -2.15. The van der Waals surface area contributed by atoms with Crippen molar-refractivity contribution in [2.24, 2.45) is 0 Å². The molecule has 0 fully saturated rings. The average Bonchev–Trinajstić information content (AvgIpc) is 2.46. The van der Waals surface area contributed by atoms with E-state index in [9.17, 15) is 4.39 Å². The summed E-state index contributed by atoms with van der Waals surface area (Å²) in [7, 11) is 1.64. The minimum Gasteiger partial charge on any atom is -0.497 e. The lowest BCUT2D eigenvalue weighted by Crippen LogP contribution is -2.19. The molecular formula is C16H17ClFNO. The van der Waals surface area contributed by atoms with Gasteiger partial charge in [-0.1, -0.05) is 29.8 Å². The van der Waals surface area contributed by atoms with E-state index in [0.717, 1.165) is 11.3 Å². The topological polar surface area (TPSA) is 21.3 Å². The predicted molar refractivity (Wildman–Crippen MR) is 79.7 cm³/mol. The van der Waals surface area contributed by atoms with Gasteiger partial charge in [-0.2, -0.15) is 0 Å². The van der Waals surface area contributed by atoms with Gasteiger partial charge in [0, 0.05) is 23.2 Å². The van der Waals surface area contributed by atoms with Crippen molar-refractivity contribution in [2.45, 2.75) is 19.5 Å². The molecule has 0 radical (unpaired) electrons. The molecule has 0 saturated carbocycles. The summed E-state index contributed by atoms with van der Waals surface area (Å²) in [4.78, 5) is 0. The Hall–Kier alpha value is -1.58. The van der Waals surface area contributed by atoms with Crippen molar-refractivity contribution in [3.05, 3.63) is 64.4 Å². The summed E-state index contributed by atoms with van der Waals surface area (Å²) in [5.41, 5.74) is 1.60. The molecule has 2 rings (SSSR count). The Bertz CT molecular complexity index is 551. The Morgan fingerprint density at radius 2 is 1.90 bits per heavy atom. The van der Waals surface area contributed by atoms with Gasteiger partial charge in [-0.3, -0.25) is 0 Å². The molecule has 2 nitrogen and oxygen atoms in total. The van der Waals surface area contributed by atoms with Crippen molar-refractivity contribution in [3.63, 3.8) is 0 Å². The maximum Gasteiger partial charge on any atom is 0.129 e. The Morgan fingerprint density at radius 3 is 2.50 bits per heavy atom. The average molecular weight is 294 g/mol. The highest BCUT2D eigenvalue weighted by atomic mass is 35.5. The van der Waals surface area contributed by atoms with E-state index in [4.69, 9.17) is 16.3 Å². The van der Waals surface area contributed by atoms with Gasteiger partial charge >= 0.3 is 0 Å². The minimum atomic E-state index is -0.285. The third-order valence-electron chi connectivity index (χ3n) is 3.26. The van der Waals surface area contributed by atoms with Crippen LogP contribution in [0.5, 0.6) is 5.75 Å². The van der Waals surface area contributed by atoms with Crippen LogP contribution in [-0.2, 0) is 6.54 Å². The van der Waals surface area contributed by atoms with E-state index in [-0.39, 0.29) is 11.9 Å². The molecule has 0 heterocycles. The lowest BCUT2D eigenvalue weighted by molar-refractivity contribution is 0.414. The highest BCUT2D eigenvalue weighted by molar-refractivity contribution is 6.31. The third kappa shape index (κ3) is 3.50. The zero-order valence-electron chi connectivity index (χ0n) is 11.5. The summed E-state index contributed by atoms with van der Waals surface area (Å²) >= 11 is 6.00. The van der Waals surface area contributed by atoms with Gasteiger partial charge in [-0.15, -0.1) is 0 Å². The van der Waals surface area contributed by atoms with Gasteiger partial charge < -0.3 is 10.1 Å². The molecule has 4 heteroatoms. The van der Waals surface area contributed by atoms with E-state index < -0.39 is 0 Å². The molecule has 0 amide bonds. The molecule has 0 aliphatic carbocycles. The number of rotatable bonds is 5. The quantitative estimate of drug-likeness (QED) is 0.885. The largest absolute Gasteiger partial charge is 0.497 e. The Kier molecular flexibility index (Phi) is 4.99. The van der Waals surface area contributed by atoms with Crippen LogP contribution in [0.25, 0.3) is 0 Å². The number of halogens is 2. The zero-order valence-corrected chi connectivity index (χ0v) is 12.2. The van der Waals surface area contributed by atoms with Crippen molar-refractivity contribution >= 4 is 11.6 Å². The monoisotopic (exact) mass is 293 g/mol. The molecule has 1 N–H and O–H groups in total. The first-order valence-corrected chi connectivity index (χ1v) is 6.80. The van der Waals surface area contributed by atoms with Crippen LogP contribution in [-0.4, -0.2) is 7.11 Å². The second kappa shape index (κ2) is 6.73. The fraction of sp³-hybridized carbons (Fsp3) is 0.250. The SMILES string of the molecule is COc1ccc([C@@H](C)NCc2c(F)cccc2Cl)cc1. The molecule has 0 aromatic heterocycles. The number of methoxy groups -OCH3 is 1. The first-order chi connectivity index (χ1) is 9.61. The van der Waals surface area contributed by atoms with Crippen molar-refractivity contribution in [1.29, 1.82) is 0 Å². The number of nitrogens with one attached hydrogen (secondary N) is 1. The number of hydrogen-bond donors (Lipinski definition) is 1. The van der Waals surface area contributed by atoms with Crippen LogP contribution in [0.15, 0.2) is 42.5 Å². The summed E-state index contributed by atoms with van der Waals surface area (Å²) in [5, 5.41) is 3.71. The van der Waals surface area contributed by atoms with Crippen LogP contribution in [0.3, 0.4) is 0 Å². The molecule has 0 bridgehead atoms. The molecule has 0 aliphatic heterocycles. The maximum atomic E-state index is 13.7. The van der Waals surface area contributed by atoms with E-state index >= 15 is 0 Å². The van der Waals surface area contributed by atoms with Gasteiger partial charge in [0.25, 0.3) is 0 Å². The second-order valence-electron chi connectivity index (χ2n) is 4.58. The van der Waals surface area contributed by atoms with Gasteiger partial charge in [-0.05, 0) is 36.8 Å². The Labute approximate surface area is 123 Å².